The van der Waals surface area contributed by atoms with Gasteiger partial charge in [-0.1, -0.05) is 41.4 Å². The van der Waals surface area contributed by atoms with Crippen molar-refractivity contribution in [1.29, 1.82) is 0 Å². The van der Waals surface area contributed by atoms with Crippen molar-refractivity contribution in [3.63, 3.8) is 0 Å². The van der Waals surface area contributed by atoms with Crippen molar-refractivity contribution in [2.24, 2.45) is 0 Å². The largest absolute Gasteiger partial charge is 0.394 e. The van der Waals surface area contributed by atoms with Crippen molar-refractivity contribution in [3.8, 4) is 0 Å². The molecule has 1 heterocycles. The van der Waals surface area contributed by atoms with E-state index in [1.54, 1.807) is 31.2 Å². The average molecular weight is 565 g/mol. The van der Waals surface area contributed by atoms with Gasteiger partial charge in [-0.2, -0.15) is 0 Å². The van der Waals surface area contributed by atoms with E-state index >= 15 is 0 Å². The molecular formula is C29H36Cl2FN3O3. The molecule has 1 aliphatic heterocycles. The van der Waals surface area contributed by atoms with Crippen LogP contribution in [-0.2, 0) is 15.0 Å². The summed E-state index contributed by atoms with van der Waals surface area (Å²) in [7, 11) is 0. The molecule has 2 N–H and O–H groups in total. The predicted octanol–water partition coefficient (Wildman–Crippen LogP) is 5.11. The Morgan fingerprint density at radius 3 is 2.26 bits per heavy atom. The number of nitrogens with zero attached hydrogens (tertiary/aromatic N) is 2. The van der Waals surface area contributed by atoms with Crippen LogP contribution in [0.2, 0.25) is 10.0 Å². The number of benzene rings is 2. The summed E-state index contributed by atoms with van der Waals surface area (Å²) in [4.78, 5) is 30.4. The van der Waals surface area contributed by atoms with Crippen molar-refractivity contribution in [3.05, 3.63) is 69.5 Å². The first-order valence-electron chi connectivity index (χ1n) is 13.3. The van der Waals surface area contributed by atoms with E-state index in [4.69, 9.17) is 23.2 Å². The number of aliphatic hydroxyl groups excluding tert-OH is 1. The van der Waals surface area contributed by atoms with E-state index in [-0.39, 0.29) is 30.3 Å². The van der Waals surface area contributed by atoms with Crippen LogP contribution in [0.1, 0.15) is 63.1 Å². The van der Waals surface area contributed by atoms with Gasteiger partial charge in [-0.3, -0.25) is 9.59 Å². The number of nitrogens with one attached hydrogen (secondary N) is 1. The lowest BCUT2D eigenvalue weighted by molar-refractivity contribution is -0.133. The Morgan fingerprint density at radius 2 is 1.71 bits per heavy atom. The second-order valence-electron chi connectivity index (χ2n) is 10.7. The monoisotopic (exact) mass is 563 g/mol. The number of halogens is 3. The van der Waals surface area contributed by atoms with Crippen LogP contribution in [0.25, 0.3) is 0 Å². The minimum absolute atomic E-state index is 0.161. The summed E-state index contributed by atoms with van der Waals surface area (Å²) in [6.45, 7) is 5.61. The van der Waals surface area contributed by atoms with Crippen LogP contribution in [-0.4, -0.2) is 65.0 Å². The molecule has 2 aliphatic rings. The summed E-state index contributed by atoms with van der Waals surface area (Å²) in [5.41, 5.74) is 0.385. The highest BCUT2D eigenvalue weighted by Crippen LogP contribution is 2.35. The number of carbonyl (C=O) groups excluding carboxylic acids is 2. The van der Waals surface area contributed by atoms with Gasteiger partial charge in [0.05, 0.1) is 28.1 Å². The van der Waals surface area contributed by atoms with Crippen LogP contribution in [0.15, 0.2) is 42.5 Å². The molecule has 2 amide bonds. The van der Waals surface area contributed by atoms with Crippen molar-refractivity contribution in [2.45, 2.75) is 69.5 Å². The Balaban J connectivity index is 1.47. The van der Waals surface area contributed by atoms with Gasteiger partial charge in [0.25, 0.3) is 0 Å². The van der Waals surface area contributed by atoms with Gasteiger partial charge < -0.3 is 20.2 Å². The Kier molecular flexibility index (Phi) is 9.35. The van der Waals surface area contributed by atoms with E-state index in [0.717, 1.165) is 44.3 Å². The van der Waals surface area contributed by atoms with E-state index in [2.05, 4.69) is 15.1 Å². The normalized spacial score (nSPS) is 19.0. The molecule has 0 bridgehead atoms. The standard InChI is InChI=1S/C29H36Cl2FN3O3/c1-19(37)35(23-8-9-23)24-11-14-34(15-12-24)16-13-29(2,21-5-10-25(30)26(31)17-21)28(38)33-27(18-36)20-3-6-22(32)7-4-20/h3-7,10,17,23-24,27,36H,8-9,11-16,18H2,1-2H3,(H,33,38). The van der Waals surface area contributed by atoms with Crippen LogP contribution in [0.3, 0.4) is 0 Å². The number of rotatable bonds is 10. The SMILES string of the molecule is CC(=O)N(C1CC1)C1CCN(CCC(C)(C(=O)NC(CO)c2ccc(F)cc2)c2ccc(Cl)c(Cl)c2)CC1. The highest BCUT2D eigenvalue weighted by atomic mass is 35.5. The van der Waals surface area contributed by atoms with Gasteiger partial charge in [0.2, 0.25) is 11.8 Å². The van der Waals surface area contributed by atoms with Gasteiger partial charge in [-0.05, 0) is 81.0 Å². The molecule has 2 atom stereocenters. The highest BCUT2D eigenvalue weighted by molar-refractivity contribution is 6.42. The first-order chi connectivity index (χ1) is 18.1. The fourth-order valence-electron chi connectivity index (χ4n) is 5.44. The fourth-order valence-corrected chi connectivity index (χ4v) is 5.74. The first kappa shape index (κ1) is 28.8. The summed E-state index contributed by atoms with van der Waals surface area (Å²) >= 11 is 12.5. The second-order valence-corrected chi connectivity index (χ2v) is 11.5. The van der Waals surface area contributed by atoms with Crippen molar-refractivity contribution in [1.82, 2.24) is 15.1 Å². The van der Waals surface area contributed by atoms with Gasteiger partial charge in [0.15, 0.2) is 0 Å². The summed E-state index contributed by atoms with van der Waals surface area (Å²) in [6.07, 6.45) is 4.56. The van der Waals surface area contributed by atoms with Crippen molar-refractivity contribution < 1.29 is 19.1 Å². The molecule has 1 saturated heterocycles. The third-order valence-corrected chi connectivity index (χ3v) is 8.74. The summed E-state index contributed by atoms with van der Waals surface area (Å²) in [5, 5.41) is 13.8. The van der Waals surface area contributed by atoms with Gasteiger partial charge >= 0.3 is 0 Å². The molecule has 9 heteroatoms. The quantitative estimate of drug-likeness (QED) is 0.421. The lowest BCUT2D eigenvalue weighted by Crippen LogP contribution is -2.50. The van der Waals surface area contributed by atoms with Crippen molar-refractivity contribution >= 4 is 35.0 Å². The molecule has 2 unspecified atom stereocenters. The average Bonchev–Trinajstić information content (AvgIpc) is 3.73. The van der Waals surface area contributed by atoms with Gasteiger partial charge in [0, 0.05) is 32.1 Å². The van der Waals surface area contributed by atoms with Gasteiger partial charge in [0.1, 0.15) is 5.82 Å². The Morgan fingerprint density at radius 1 is 1.08 bits per heavy atom. The van der Waals surface area contributed by atoms with E-state index < -0.39 is 11.5 Å². The lowest BCUT2D eigenvalue weighted by atomic mass is 9.78. The number of amides is 2. The number of likely N-dealkylation sites (tertiary alicyclic amines) is 1. The maximum absolute atomic E-state index is 13.8. The molecule has 2 aromatic carbocycles. The zero-order valence-electron chi connectivity index (χ0n) is 21.9. The Hall–Kier alpha value is -2.19. The van der Waals surface area contributed by atoms with E-state index in [1.807, 2.05) is 13.0 Å². The molecule has 0 spiro atoms. The van der Waals surface area contributed by atoms with Crippen LogP contribution >= 0.6 is 23.2 Å². The van der Waals surface area contributed by atoms with Crippen LogP contribution < -0.4 is 5.32 Å². The molecule has 206 valence electrons. The predicted molar refractivity (Wildman–Crippen MR) is 148 cm³/mol. The maximum Gasteiger partial charge on any atom is 0.230 e. The van der Waals surface area contributed by atoms with Crippen LogP contribution in [0.5, 0.6) is 0 Å². The van der Waals surface area contributed by atoms with Crippen molar-refractivity contribution in [2.75, 3.05) is 26.2 Å². The molecule has 1 saturated carbocycles. The zero-order chi connectivity index (χ0) is 27.4. The molecule has 0 aromatic heterocycles. The number of piperidine rings is 1. The smallest absolute Gasteiger partial charge is 0.230 e. The number of carbonyl (C=O) groups is 2. The fraction of sp³-hybridized carbons (Fsp3) is 0.517. The zero-order valence-corrected chi connectivity index (χ0v) is 23.4. The molecule has 0 radical (unpaired) electrons. The highest BCUT2D eigenvalue weighted by Gasteiger charge is 2.39. The van der Waals surface area contributed by atoms with Crippen LogP contribution in [0.4, 0.5) is 4.39 Å². The summed E-state index contributed by atoms with van der Waals surface area (Å²) < 4.78 is 13.4. The summed E-state index contributed by atoms with van der Waals surface area (Å²) in [6, 6.07) is 11.0. The molecule has 38 heavy (non-hydrogen) atoms. The van der Waals surface area contributed by atoms with Crippen LogP contribution in [0, 0.1) is 5.82 Å². The third kappa shape index (κ3) is 6.68. The molecule has 4 rings (SSSR count). The first-order valence-corrected chi connectivity index (χ1v) is 14.0. The topological polar surface area (TPSA) is 72.9 Å². The summed E-state index contributed by atoms with van der Waals surface area (Å²) in [5.74, 6) is -0.482. The minimum Gasteiger partial charge on any atom is -0.394 e. The number of hydrogen-bond donors (Lipinski definition) is 2. The van der Waals surface area contributed by atoms with Gasteiger partial charge in [-0.15, -0.1) is 0 Å². The number of aliphatic hydroxyl groups is 1. The van der Waals surface area contributed by atoms with E-state index in [1.165, 1.54) is 12.1 Å². The maximum atomic E-state index is 13.8. The molecule has 2 aromatic rings. The van der Waals surface area contributed by atoms with E-state index in [0.29, 0.717) is 34.6 Å². The second kappa shape index (κ2) is 12.3. The molecule has 6 nitrogen and oxygen atoms in total. The molecular weight excluding hydrogens is 528 g/mol. The molecule has 2 fully saturated rings. The molecule has 1 aliphatic carbocycles. The Bertz CT molecular complexity index is 1140. The Labute approximate surface area is 234 Å². The number of hydrogen-bond acceptors (Lipinski definition) is 4. The van der Waals surface area contributed by atoms with E-state index in [9.17, 15) is 19.1 Å². The minimum atomic E-state index is -0.960. The third-order valence-electron chi connectivity index (χ3n) is 8.00. The van der Waals surface area contributed by atoms with Gasteiger partial charge in [-0.25, -0.2) is 4.39 Å². The lowest BCUT2D eigenvalue weighted by Gasteiger charge is -2.40.